The summed E-state index contributed by atoms with van der Waals surface area (Å²) in [6.45, 7) is 8.38. The average Bonchev–Trinajstić information content (AvgIpc) is 2.88. The molecule has 2 aliphatic heterocycles. The summed E-state index contributed by atoms with van der Waals surface area (Å²) in [5.41, 5.74) is 1.16. The van der Waals surface area contributed by atoms with Crippen LogP contribution in [-0.2, 0) is 4.79 Å². The summed E-state index contributed by atoms with van der Waals surface area (Å²) < 4.78 is 5.37. The number of ether oxygens (including phenoxy) is 1. The number of benzene rings is 1. The second kappa shape index (κ2) is 6.20. The minimum atomic E-state index is -0.178. The molecule has 2 amide bonds. The number of carbonyl (C=O) groups excluding carboxylic acids is 2. The van der Waals surface area contributed by atoms with Gasteiger partial charge in [0.25, 0.3) is 11.8 Å². The van der Waals surface area contributed by atoms with Crippen molar-refractivity contribution in [2.45, 2.75) is 32.9 Å². The van der Waals surface area contributed by atoms with E-state index in [9.17, 15) is 9.59 Å². The van der Waals surface area contributed by atoms with Crippen molar-refractivity contribution in [2.24, 2.45) is 5.92 Å². The molecule has 3 rings (SSSR count). The molecule has 0 spiro atoms. The zero-order valence-electron chi connectivity index (χ0n) is 13.8. The summed E-state index contributed by atoms with van der Waals surface area (Å²) in [6, 6.07) is 5.74. The normalized spacial score (nSPS) is 24.1. The lowest BCUT2D eigenvalue weighted by Gasteiger charge is -2.21. The van der Waals surface area contributed by atoms with E-state index in [0.29, 0.717) is 29.0 Å². The van der Waals surface area contributed by atoms with E-state index in [4.69, 9.17) is 4.74 Å². The number of hydrogen-bond donors (Lipinski definition) is 2. The maximum atomic E-state index is 12.5. The minimum Gasteiger partial charge on any atom is -0.482 e. The van der Waals surface area contributed by atoms with Crippen LogP contribution >= 0.6 is 0 Å². The molecule has 0 aromatic heterocycles. The predicted octanol–water partition coefficient (Wildman–Crippen LogP) is 1.48. The molecule has 1 aromatic rings. The summed E-state index contributed by atoms with van der Waals surface area (Å²) in [6.07, 6.45) is 0. The van der Waals surface area contributed by atoms with Gasteiger partial charge in [-0.15, -0.1) is 0 Å². The Bertz CT molecular complexity index is 630. The SMILES string of the molecule is CC(C)N1C[C@@H](C)[C@@H](NC(=O)c2ccc3c(c2)OCC(=O)N3)C1. The van der Waals surface area contributed by atoms with Crippen molar-refractivity contribution in [3.8, 4) is 5.75 Å². The van der Waals surface area contributed by atoms with Crippen LogP contribution < -0.4 is 15.4 Å². The van der Waals surface area contributed by atoms with Crippen LogP contribution in [-0.4, -0.2) is 48.5 Å². The zero-order valence-corrected chi connectivity index (χ0v) is 13.8. The van der Waals surface area contributed by atoms with Crippen LogP contribution in [0.2, 0.25) is 0 Å². The molecule has 0 aliphatic carbocycles. The second-order valence-corrected chi connectivity index (χ2v) is 6.65. The Morgan fingerprint density at radius 2 is 2.17 bits per heavy atom. The molecular weight excluding hydrogens is 294 g/mol. The van der Waals surface area contributed by atoms with E-state index < -0.39 is 0 Å². The number of nitrogens with zero attached hydrogens (tertiary/aromatic N) is 1. The van der Waals surface area contributed by atoms with Crippen LogP contribution in [0.25, 0.3) is 0 Å². The fourth-order valence-electron chi connectivity index (χ4n) is 3.08. The molecule has 0 radical (unpaired) electrons. The highest BCUT2D eigenvalue weighted by Gasteiger charge is 2.32. The maximum absolute atomic E-state index is 12.5. The van der Waals surface area contributed by atoms with Gasteiger partial charge in [0.2, 0.25) is 0 Å². The van der Waals surface area contributed by atoms with Gasteiger partial charge in [-0.05, 0) is 38.0 Å². The van der Waals surface area contributed by atoms with Crippen LogP contribution in [0.15, 0.2) is 18.2 Å². The van der Waals surface area contributed by atoms with Gasteiger partial charge in [0.05, 0.1) is 5.69 Å². The van der Waals surface area contributed by atoms with Gasteiger partial charge in [-0.2, -0.15) is 0 Å². The Morgan fingerprint density at radius 3 is 2.87 bits per heavy atom. The molecule has 1 fully saturated rings. The van der Waals surface area contributed by atoms with Crippen LogP contribution in [0.5, 0.6) is 5.75 Å². The average molecular weight is 317 g/mol. The molecular formula is C17H23N3O3. The number of likely N-dealkylation sites (tertiary alicyclic amines) is 1. The van der Waals surface area contributed by atoms with Crippen molar-refractivity contribution in [1.82, 2.24) is 10.2 Å². The Kier molecular flexibility index (Phi) is 4.26. The van der Waals surface area contributed by atoms with E-state index >= 15 is 0 Å². The van der Waals surface area contributed by atoms with Crippen LogP contribution in [0, 0.1) is 5.92 Å². The third kappa shape index (κ3) is 3.32. The molecule has 1 saturated heterocycles. The number of nitrogens with one attached hydrogen (secondary N) is 2. The molecule has 0 saturated carbocycles. The van der Waals surface area contributed by atoms with Gasteiger partial charge in [0, 0.05) is 30.7 Å². The van der Waals surface area contributed by atoms with Crippen molar-refractivity contribution in [1.29, 1.82) is 0 Å². The topological polar surface area (TPSA) is 70.7 Å². The molecule has 2 atom stereocenters. The summed E-state index contributed by atoms with van der Waals surface area (Å²) >= 11 is 0. The Balaban J connectivity index is 1.68. The highest BCUT2D eigenvalue weighted by molar-refractivity contribution is 5.99. The first-order valence-corrected chi connectivity index (χ1v) is 8.05. The molecule has 0 bridgehead atoms. The fraction of sp³-hybridized carbons (Fsp3) is 0.529. The number of rotatable bonds is 3. The van der Waals surface area contributed by atoms with Gasteiger partial charge in [-0.1, -0.05) is 6.92 Å². The van der Waals surface area contributed by atoms with Crippen molar-refractivity contribution in [3.63, 3.8) is 0 Å². The van der Waals surface area contributed by atoms with Gasteiger partial charge in [0.1, 0.15) is 5.75 Å². The molecule has 0 unspecified atom stereocenters. The number of hydrogen-bond acceptors (Lipinski definition) is 4. The second-order valence-electron chi connectivity index (χ2n) is 6.65. The first-order chi connectivity index (χ1) is 10.9. The highest BCUT2D eigenvalue weighted by Crippen LogP contribution is 2.28. The van der Waals surface area contributed by atoms with Gasteiger partial charge in [-0.3, -0.25) is 14.5 Å². The van der Waals surface area contributed by atoms with E-state index in [1.165, 1.54) is 0 Å². The first kappa shape index (κ1) is 15.8. The number of carbonyl (C=O) groups is 2. The van der Waals surface area contributed by atoms with Crippen LogP contribution in [0.4, 0.5) is 5.69 Å². The summed E-state index contributed by atoms with van der Waals surface area (Å²) in [5.74, 6) is 0.689. The van der Waals surface area contributed by atoms with Crippen molar-refractivity contribution >= 4 is 17.5 Å². The van der Waals surface area contributed by atoms with Crippen LogP contribution in [0.1, 0.15) is 31.1 Å². The zero-order chi connectivity index (χ0) is 16.6. The Hall–Kier alpha value is -2.08. The van der Waals surface area contributed by atoms with E-state index in [1.807, 2.05) is 0 Å². The number of anilines is 1. The largest absolute Gasteiger partial charge is 0.482 e. The fourth-order valence-corrected chi connectivity index (χ4v) is 3.08. The summed E-state index contributed by atoms with van der Waals surface area (Å²) in [7, 11) is 0. The quantitative estimate of drug-likeness (QED) is 0.886. The number of fused-ring (bicyclic) bond motifs is 1. The third-order valence-electron chi connectivity index (χ3n) is 4.56. The highest BCUT2D eigenvalue weighted by atomic mass is 16.5. The minimum absolute atomic E-state index is 0.0128. The molecule has 6 heteroatoms. The first-order valence-electron chi connectivity index (χ1n) is 8.05. The van der Waals surface area contributed by atoms with Crippen LogP contribution in [0.3, 0.4) is 0 Å². The number of amides is 2. The molecule has 2 heterocycles. The summed E-state index contributed by atoms with van der Waals surface area (Å²) in [5, 5.41) is 5.84. The molecule has 1 aromatic carbocycles. The molecule has 2 aliphatic rings. The van der Waals surface area contributed by atoms with Gasteiger partial charge >= 0.3 is 0 Å². The lowest BCUT2D eigenvalue weighted by atomic mass is 10.1. The monoisotopic (exact) mass is 317 g/mol. The Morgan fingerprint density at radius 1 is 1.39 bits per heavy atom. The molecule has 23 heavy (non-hydrogen) atoms. The lowest BCUT2D eigenvalue weighted by Crippen LogP contribution is -2.40. The Labute approximate surface area is 136 Å². The predicted molar refractivity (Wildman–Crippen MR) is 87.7 cm³/mol. The third-order valence-corrected chi connectivity index (χ3v) is 4.56. The van der Waals surface area contributed by atoms with E-state index in [1.54, 1.807) is 18.2 Å². The molecule has 6 nitrogen and oxygen atoms in total. The molecule has 124 valence electrons. The van der Waals surface area contributed by atoms with E-state index in [0.717, 1.165) is 13.1 Å². The van der Waals surface area contributed by atoms with Gasteiger partial charge in [0.15, 0.2) is 6.61 Å². The van der Waals surface area contributed by atoms with Crippen molar-refractivity contribution in [2.75, 3.05) is 25.0 Å². The van der Waals surface area contributed by atoms with E-state index in [-0.39, 0.29) is 24.5 Å². The van der Waals surface area contributed by atoms with Gasteiger partial charge in [-0.25, -0.2) is 0 Å². The summed E-state index contributed by atoms with van der Waals surface area (Å²) in [4.78, 5) is 26.2. The van der Waals surface area contributed by atoms with E-state index in [2.05, 4.69) is 36.3 Å². The van der Waals surface area contributed by atoms with Gasteiger partial charge < -0.3 is 15.4 Å². The lowest BCUT2D eigenvalue weighted by molar-refractivity contribution is -0.118. The van der Waals surface area contributed by atoms with Crippen molar-refractivity contribution in [3.05, 3.63) is 23.8 Å². The van der Waals surface area contributed by atoms with Crippen molar-refractivity contribution < 1.29 is 14.3 Å². The maximum Gasteiger partial charge on any atom is 0.262 e. The standard InChI is InChI=1S/C17H23N3O3/c1-10(2)20-7-11(3)14(8-20)19-17(22)12-4-5-13-15(6-12)23-9-16(21)18-13/h4-6,10-11,14H,7-9H2,1-3H3,(H,18,21)(H,19,22)/t11-,14+/m1/s1. The smallest absolute Gasteiger partial charge is 0.262 e. The molecule has 2 N–H and O–H groups in total.